The van der Waals surface area contributed by atoms with Crippen LogP contribution in [0.1, 0.15) is 13.8 Å². The lowest BCUT2D eigenvalue weighted by Crippen LogP contribution is -2.43. The van der Waals surface area contributed by atoms with Gasteiger partial charge in [-0.15, -0.1) is 0 Å². The molecule has 0 spiro atoms. The van der Waals surface area contributed by atoms with Crippen LogP contribution in [0.3, 0.4) is 0 Å². The van der Waals surface area contributed by atoms with E-state index in [4.69, 9.17) is 22.6 Å². The molecule has 0 atom stereocenters. The third-order valence-corrected chi connectivity index (χ3v) is 0.359. The predicted molar refractivity (Wildman–Crippen MR) is 35.4 cm³/mol. The van der Waals surface area contributed by atoms with Gasteiger partial charge in [0.1, 0.15) is 12.0 Å². The van der Waals surface area contributed by atoms with Gasteiger partial charge >= 0.3 is 0 Å². The van der Waals surface area contributed by atoms with E-state index in [0.717, 1.165) is 0 Å². The van der Waals surface area contributed by atoms with Gasteiger partial charge in [-0.3, -0.25) is 5.41 Å². The van der Waals surface area contributed by atoms with Crippen molar-refractivity contribution < 1.29 is 0 Å². The molecule has 0 amide bonds. The van der Waals surface area contributed by atoms with Gasteiger partial charge in [0.25, 0.3) is 0 Å². The quantitative estimate of drug-likeness (QED) is 0.206. The van der Waals surface area contributed by atoms with Gasteiger partial charge in [-0.05, 0) is 0 Å². The monoisotopic (exact) mass is 118 g/mol. The van der Waals surface area contributed by atoms with Crippen molar-refractivity contribution in [1.29, 1.82) is 5.41 Å². The van der Waals surface area contributed by atoms with Crippen LogP contribution in [-0.4, -0.2) is 12.0 Å². The smallest absolute Gasteiger partial charge is 0.123 e. The minimum Gasteiger partial charge on any atom is -0.385 e. The zero-order valence-electron chi connectivity index (χ0n) is 5.31. The van der Waals surface area contributed by atoms with Crippen molar-refractivity contribution in [1.82, 2.24) is 0 Å². The van der Waals surface area contributed by atoms with Crippen molar-refractivity contribution in [2.75, 3.05) is 0 Å². The number of amidine groups is 1. The fourth-order valence-electron chi connectivity index (χ4n) is 0. The highest BCUT2D eigenvalue weighted by Crippen LogP contribution is 1.53. The summed E-state index contributed by atoms with van der Waals surface area (Å²) in [6, 6.07) is 0. The van der Waals surface area contributed by atoms with Crippen LogP contribution in [0.2, 0.25) is 0 Å². The summed E-state index contributed by atoms with van der Waals surface area (Å²) in [5.74, 6) is -0.185. The van der Waals surface area contributed by atoms with Crippen molar-refractivity contribution >= 4 is 5.84 Å². The normalized spacial score (nSPS) is 7.62. The first-order valence-corrected chi connectivity index (χ1v) is 2.49. The molecular formula is C4H14N4. The number of nitrogens with two attached hydrogens (primary N) is 3. The van der Waals surface area contributed by atoms with Crippen LogP contribution in [0.4, 0.5) is 0 Å². The van der Waals surface area contributed by atoms with E-state index < -0.39 is 6.17 Å². The van der Waals surface area contributed by atoms with Crippen molar-refractivity contribution in [3.05, 3.63) is 0 Å². The maximum atomic E-state index is 6.48. The average Bonchev–Trinajstić information content (AvgIpc) is 1.72. The summed E-state index contributed by atoms with van der Waals surface area (Å²) in [6.45, 7) is 4.00. The molecule has 0 bridgehead atoms. The molecule has 0 radical (unpaired) electrons. The lowest BCUT2D eigenvalue weighted by atomic mass is 10.5. The largest absolute Gasteiger partial charge is 0.385 e. The summed E-state index contributed by atoms with van der Waals surface area (Å²) >= 11 is 0. The standard InChI is InChI=1S/C2H8N4.C2H6/c3-1(4)2(5)6;1-2/h1H,3-4H2,(H3,5,6);1-2H3. The highest BCUT2D eigenvalue weighted by molar-refractivity contribution is 5.81. The highest BCUT2D eigenvalue weighted by Gasteiger charge is 1.91. The average molecular weight is 118 g/mol. The summed E-state index contributed by atoms with van der Waals surface area (Å²) in [7, 11) is 0. The second-order valence-electron chi connectivity index (χ2n) is 0.981. The van der Waals surface area contributed by atoms with E-state index in [1.165, 1.54) is 0 Å². The molecule has 50 valence electrons. The maximum Gasteiger partial charge on any atom is 0.123 e. The Morgan fingerprint density at radius 1 is 1.38 bits per heavy atom. The molecule has 7 N–H and O–H groups in total. The Balaban J connectivity index is 0. The fraction of sp³-hybridized carbons (Fsp3) is 0.750. The van der Waals surface area contributed by atoms with Gasteiger partial charge in [0.15, 0.2) is 0 Å². The fourth-order valence-corrected chi connectivity index (χ4v) is 0. The van der Waals surface area contributed by atoms with Crippen LogP contribution in [0.5, 0.6) is 0 Å². The van der Waals surface area contributed by atoms with E-state index in [1.54, 1.807) is 0 Å². The van der Waals surface area contributed by atoms with E-state index in [1.807, 2.05) is 13.8 Å². The summed E-state index contributed by atoms with van der Waals surface area (Å²) in [4.78, 5) is 0. The molecule has 0 fully saturated rings. The Morgan fingerprint density at radius 3 is 1.50 bits per heavy atom. The zero-order valence-corrected chi connectivity index (χ0v) is 5.31. The summed E-state index contributed by atoms with van der Waals surface area (Å²) < 4.78 is 0. The van der Waals surface area contributed by atoms with Crippen LogP contribution >= 0.6 is 0 Å². The van der Waals surface area contributed by atoms with E-state index in [9.17, 15) is 0 Å². The predicted octanol–water partition coefficient (Wildman–Crippen LogP) is -0.808. The second kappa shape index (κ2) is 6.39. The highest BCUT2D eigenvalue weighted by atomic mass is 14.9. The third kappa shape index (κ3) is 9.04. The maximum absolute atomic E-state index is 6.48. The third-order valence-electron chi connectivity index (χ3n) is 0.359. The topological polar surface area (TPSA) is 102 Å². The van der Waals surface area contributed by atoms with E-state index in [2.05, 4.69) is 0 Å². The molecule has 0 aromatic carbocycles. The number of hydrogen-bond donors (Lipinski definition) is 4. The molecule has 0 saturated heterocycles. The minimum absolute atomic E-state index is 0.185. The first kappa shape index (κ1) is 10.4. The molecule has 4 nitrogen and oxygen atoms in total. The van der Waals surface area contributed by atoms with Crippen LogP contribution in [0.15, 0.2) is 0 Å². The van der Waals surface area contributed by atoms with Crippen molar-refractivity contribution in [2.24, 2.45) is 17.2 Å². The van der Waals surface area contributed by atoms with Gasteiger partial charge in [-0.2, -0.15) is 0 Å². The lowest BCUT2D eigenvalue weighted by molar-refractivity contribution is 0.902. The SMILES string of the molecule is CC.N=C(N)C(N)N. The molecule has 0 aromatic rings. The zero-order chi connectivity index (χ0) is 7.15. The van der Waals surface area contributed by atoms with E-state index in [-0.39, 0.29) is 5.84 Å². The molecule has 0 unspecified atom stereocenters. The molecule has 0 aliphatic heterocycles. The first-order valence-electron chi connectivity index (χ1n) is 2.49. The van der Waals surface area contributed by atoms with Crippen molar-refractivity contribution in [2.45, 2.75) is 20.0 Å². The van der Waals surface area contributed by atoms with Gasteiger partial charge in [-0.25, -0.2) is 0 Å². The van der Waals surface area contributed by atoms with Gasteiger partial charge in [0, 0.05) is 0 Å². The van der Waals surface area contributed by atoms with Crippen molar-refractivity contribution in [3.63, 3.8) is 0 Å². The van der Waals surface area contributed by atoms with Gasteiger partial charge < -0.3 is 17.2 Å². The molecule has 4 heteroatoms. The van der Waals surface area contributed by atoms with E-state index in [0.29, 0.717) is 0 Å². The lowest BCUT2D eigenvalue weighted by Gasteiger charge is -1.96. The summed E-state index contributed by atoms with van der Waals surface area (Å²) in [5.41, 5.74) is 14.5. The Labute approximate surface area is 49.5 Å². The Bertz CT molecular complexity index is 59.1. The summed E-state index contributed by atoms with van der Waals surface area (Å²) in [6.07, 6.45) is -0.787. The minimum atomic E-state index is -0.787. The molecule has 0 heterocycles. The molecule has 0 aliphatic carbocycles. The molecule has 0 rings (SSSR count). The van der Waals surface area contributed by atoms with Gasteiger partial charge in [0.05, 0.1) is 0 Å². The number of nitrogens with one attached hydrogen (secondary N) is 1. The van der Waals surface area contributed by atoms with Crippen LogP contribution in [0.25, 0.3) is 0 Å². The molecule has 0 aliphatic rings. The number of rotatable bonds is 1. The summed E-state index contributed by atoms with van der Waals surface area (Å²) in [5, 5.41) is 6.48. The molecule has 0 saturated carbocycles. The Morgan fingerprint density at radius 2 is 1.50 bits per heavy atom. The van der Waals surface area contributed by atoms with Gasteiger partial charge in [-0.1, -0.05) is 13.8 Å². The van der Waals surface area contributed by atoms with Gasteiger partial charge in [0.2, 0.25) is 0 Å². The first-order chi connectivity index (χ1) is 3.64. The second-order valence-corrected chi connectivity index (χ2v) is 0.981. The Hall–Kier alpha value is -0.610. The van der Waals surface area contributed by atoms with Crippen LogP contribution in [-0.2, 0) is 0 Å². The molecule has 0 aromatic heterocycles. The number of hydrogen-bond acceptors (Lipinski definition) is 3. The molecule has 8 heavy (non-hydrogen) atoms. The van der Waals surface area contributed by atoms with Crippen LogP contribution < -0.4 is 17.2 Å². The molecular weight excluding hydrogens is 104 g/mol. The van der Waals surface area contributed by atoms with E-state index >= 15 is 0 Å². The van der Waals surface area contributed by atoms with Crippen LogP contribution in [0, 0.1) is 5.41 Å². The van der Waals surface area contributed by atoms with Crippen molar-refractivity contribution in [3.8, 4) is 0 Å². The Kier molecular flexibility index (Phi) is 8.30.